The molecule has 4 heteroatoms. The van der Waals surface area contributed by atoms with Crippen LogP contribution >= 0.6 is 11.8 Å². The Morgan fingerprint density at radius 3 is 2.43 bits per heavy atom. The first-order chi connectivity index (χ1) is 11.2. The first-order valence-corrected chi connectivity index (χ1v) is 10.7. The number of carbonyl (C=O) groups excluding carboxylic acids is 1. The van der Waals surface area contributed by atoms with E-state index in [1.54, 1.807) is 0 Å². The van der Waals surface area contributed by atoms with Gasteiger partial charge in [0.1, 0.15) is 0 Å². The van der Waals surface area contributed by atoms with Crippen molar-refractivity contribution in [2.24, 2.45) is 23.7 Å². The van der Waals surface area contributed by atoms with Crippen molar-refractivity contribution in [3.05, 3.63) is 0 Å². The number of hydrogen-bond acceptors (Lipinski definition) is 3. The lowest BCUT2D eigenvalue weighted by atomic mass is 9.56. The average Bonchev–Trinajstić information content (AvgIpc) is 2.53. The van der Waals surface area contributed by atoms with Crippen LogP contribution in [0.25, 0.3) is 0 Å². The van der Waals surface area contributed by atoms with Gasteiger partial charge in [0, 0.05) is 24.5 Å². The van der Waals surface area contributed by atoms with Crippen molar-refractivity contribution >= 4 is 17.7 Å². The minimum absolute atomic E-state index is 0.252. The quantitative estimate of drug-likeness (QED) is 0.804. The highest BCUT2D eigenvalue weighted by Gasteiger charge is 2.51. The predicted octanol–water partition coefficient (Wildman–Crippen LogP) is 3.62. The van der Waals surface area contributed by atoms with E-state index in [1.807, 2.05) is 11.8 Å². The van der Waals surface area contributed by atoms with E-state index in [1.165, 1.54) is 51.4 Å². The summed E-state index contributed by atoms with van der Waals surface area (Å²) in [5, 5.41) is 3.15. The summed E-state index contributed by atoms with van der Waals surface area (Å²) < 4.78 is 5.97. The summed E-state index contributed by atoms with van der Waals surface area (Å²) in [6.45, 7) is 2.64. The zero-order valence-electron chi connectivity index (χ0n) is 14.2. The molecule has 1 amide bonds. The standard InChI is InChI=1S/C19H31NO2S/c21-18(20-4-3-14-2-1-5-22-12-14)13-23-19-9-15-6-16(10-19)8-17(7-15)11-19/h14-17H,1-13H2,(H,20,21)/t14-,15?,16?,17?,19?/m1/s1. The Hall–Kier alpha value is -0.220. The second kappa shape index (κ2) is 6.95. The monoisotopic (exact) mass is 337 g/mol. The topological polar surface area (TPSA) is 38.3 Å². The van der Waals surface area contributed by atoms with Crippen LogP contribution in [-0.4, -0.2) is 36.2 Å². The molecule has 0 radical (unpaired) electrons. The lowest BCUT2D eigenvalue weighted by Gasteiger charge is -2.56. The summed E-state index contributed by atoms with van der Waals surface area (Å²) >= 11 is 1.99. The number of carbonyl (C=O) groups is 1. The van der Waals surface area contributed by atoms with Gasteiger partial charge in [-0.1, -0.05) is 0 Å². The van der Waals surface area contributed by atoms with E-state index in [0.29, 0.717) is 16.4 Å². The maximum absolute atomic E-state index is 12.2. The van der Waals surface area contributed by atoms with Crippen LogP contribution in [0.2, 0.25) is 0 Å². The number of thioether (sulfide) groups is 1. The second-order valence-electron chi connectivity index (χ2n) is 8.61. The minimum Gasteiger partial charge on any atom is -0.381 e. The van der Waals surface area contributed by atoms with Crippen LogP contribution in [0.4, 0.5) is 0 Å². The number of rotatable bonds is 6. The zero-order chi connectivity index (χ0) is 15.7. The molecule has 3 nitrogen and oxygen atoms in total. The van der Waals surface area contributed by atoms with Gasteiger partial charge in [-0.3, -0.25) is 4.79 Å². The molecule has 0 spiro atoms. The lowest BCUT2D eigenvalue weighted by Crippen LogP contribution is -2.49. The molecular formula is C19H31NO2S. The van der Waals surface area contributed by atoms with Crippen molar-refractivity contribution in [2.45, 2.75) is 62.5 Å². The smallest absolute Gasteiger partial charge is 0.230 e. The molecule has 0 aromatic carbocycles. The van der Waals surface area contributed by atoms with E-state index in [0.717, 1.165) is 43.9 Å². The van der Waals surface area contributed by atoms with Gasteiger partial charge < -0.3 is 10.1 Å². The molecule has 0 unspecified atom stereocenters. The first kappa shape index (κ1) is 16.3. The molecule has 4 bridgehead atoms. The van der Waals surface area contributed by atoms with Crippen LogP contribution in [0.3, 0.4) is 0 Å². The average molecular weight is 338 g/mol. The van der Waals surface area contributed by atoms with Crippen molar-refractivity contribution in [3.63, 3.8) is 0 Å². The molecule has 4 saturated carbocycles. The maximum atomic E-state index is 12.2. The SMILES string of the molecule is O=C(CSC12CC3CC(CC(C3)C1)C2)NCC[C@H]1CCCOC1. The number of nitrogens with one attached hydrogen (secondary N) is 1. The van der Waals surface area contributed by atoms with Crippen molar-refractivity contribution in [1.29, 1.82) is 0 Å². The van der Waals surface area contributed by atoms with E-state index in [2.05, 4.69) is 5.32 Å². The number of amides is 1. The van der Waals surface area contributed by atoms with Crippen LogP contribution in [0, 0.1) is 23.7 Å². The Kier molecular flexibility index (Phi) is 4.91. The molecule has 1 N–H and O–H groups in total. The van der Waals surface area contributed by atoms with Crippen molar-refractivity contribution in [2.75, 3.05) is 25.5 Å². The van der Waals surface area contributed by atoms with Gasteiger partial charge in [0.25, 0.3) is 0 Å². The van der Waals surface area contributed by atoms with E-state index in [-0.39, 0.29) is 5.91 Å². The molecule has 1 aliphatic heterocycles. The summed E-state index contributed by atoms with van der Waals surface area (Å²) in [7, 11) is 0. The summed E-state index contributed by atoms with van der Waals surface area (Å²) in [6.07, 6.45) is 12.1. The Labute approximate surface area is 144 Å². The third kappa shape index (κ3) is 3.89. The molecule has 1 heterocycles. The van der Waals surface area contributed by atoms with Gasteiger partial charge in [-0.05, 0) is 81.5 Å². The molecule has 23 heavy (non-hydrogen) atoms. The van der Waals surface area contributed by atoms with E-state index >= 15 is 0 Å². The summed E-state index contributed by atoms with van der Waals surface area (Å²) in [5.41, 5.74) is 0. The van der Waals surface area contributed by atoms with Crippen molar-refractivity contribution in [3.8, 4) is 0 Å². The largest absolute Gasteiger partial charge is 0.381 e. The Bertz CT molecular complexity index is 398. The van der Waals surface area contributed by atoms with Gasteiger partial charge in [-0.15, -0.1) is 11.8 Å². The Morgan fingerprint density at radius 2 is 1.83 bits per heavy atom. The van der Waals surface area contributed by atoms with Gasteiger partial charge in [0.2, 0.25) is 5.91 Å². The second-order valence-corrected chi connectivity index (χ2v) is 10.1. The van der Waals surface area contributed by atoms with Gasteiger partial charge in [0.15, 0.2) is 0 Å². The first-order valence-electron chi connectivity index (χ1n) is 9.69. The molecule has 5 rings (SSSR count). The minimum atomic E-state index is 0.252. The fraction of sp³-hybridized carbons (Fsp3) is 0.947. The van der Waals surface area contributed by atoms with Gasteiger partial charge in [-0.25, -0.2) is 0 Å². The van der Waals surface area contributed by atoms with Crippen molar-refractivity contribution < 1.29 is 9.53 Å². The zero-order valence-corrected chi connectivity index (χ0v) is 15.0. The third-order valence-corrected chi connectivity index (χ3v) is 8.14. The molecular weight excluding hydrogens is 306 g/mol. The molecule has 5 fully saturated rings. The van der Waals surface area contributed by atoms with Crippen LogP contribution in [0.15, 0.2) is 0 Å². The van der Waals surface area contributed by atoms with Gasteiger partial charge in [-0.2, -0.15) is 0 Å². The molecule has 0 aromatic heterocycles. The maximum Gasteiger partial charge on any atom is 0.230 e. The van der Waals surface area contributed by atoms with Crippen LogP contribution in [-0.2, 0) is 9.53 Å². The fourth-order valence-electron chi connectivity index (χ4n) is 5.93. The number of ether oxygens (including phenoxy) is 1. The van der Waals surface area contributed by atoms with E-state index < -0.39 is 0 Å². The van der Waals surface area contributed by atoms with Crippen LogP contribution < -0.4 is 5.32 Å². The molecule has 5 aliphatic rings. The summed E-state index contributed by atoms with van der Waals surface area (Å²) in [6, 6.07) is 0. The predicted molar refractivity (Wildman–Crippen MR) is 94.5 cm³/mol. The summed E-state index contributed by atoms with van der Waals surface area (Å²) in [5.74, 6) is 4.50. The van der Waals surface area contributed by atoms with Gasteiger partial charge in [0.05, 0.1) is 5.75 Å². The van der Waals surface area contributed by atoms with Gasteiger partial charge >= 0.3 is 0 Å². The van der Waals surface area contributed by atoms with Crippen LogP contribution in [0.5, 0.6) is 0 Å². The van der Waals surface area contributed by atoms with Crippen LogP contribution in [0.1, 0.15) is 57.8 Å². The molecule has 4 aliphatic carbocycles. The van der Waals surface area contributed by atoms with Crippen molar-refractivity contribution in [1.82, 2.24) is 5.32 Å². The Balaban J connectivity index is 1.18. The number of hydrogen-bond donors (Lipinski definition) is 1. The molecule has 1 atom stereocenters. The lowest BCUT2D eigenvalue weighted by molar-refractivity contribution is -0.118. The highest BCUT2D eigenvalue weighted by atomic mass is 32.2. The highest BCUT2D eigenvalue weighted by molar-refractivity contribution is 8.01. The summed E-state index contributed by atoms with van der Waals surface area (Å²) in [4.78, 5) is 12.2. The third-order valence-electron chi connectivity index (χ3n) is 6.62. The normalized spacial score (nSPS) is 41.9. The molecule has 0 aromatic rings. The molecule has 130 valence electrons. The van der Waals surface area contributed by atoms with E-state index in [4.69, 9.17) is 4.74 Å². The van der Waals surface area contributed by atoms with E-state index in [9.17, 15) is 4.79 Å². The highest BCUT2D eigenvalue weighted by Crippen LogP contribution is 2.60. The molecule has 1 saturated heterocycles. The fourth-order valence-corrected chi connectivity index (χ4v) is 7.53. The Morgan fingerprint density at radius 1 is 1.13 bits per heavy atom.